The maximum atomic E-state index is 12.2. The van der Waals surface area contributed by atoms with Crippen molar-refractivity contribution in [3.05, 3.63) is 52.6 Å². The topological polar surface area (TPSA) is 95.2 Å². The van der Waals surface area contributed by atoms with Crippen LogP contribution in [0, 0.1) is 0 Å². The van der Waals surface area contributed by atoms with Gasteiger partial charge in [0.2, 0.25) is 0 Å². The van der Waals surface area contributed by atoms with Crippen molar-refractivity contribution in [1.82, 2.24) is 4.90 Å². The number of thioether (sulfide) groups is 1. The summed E-state index contributed by atoms with van der Waals surface area (Å²) in [5, 5.41) is 11.7. The highest BCUT2D eigenvalue weighted by Gasteiger charge is 2.27. The van der Waals surface area contributed by atoms with Crippen LogP contribution in [0.4, 0.5) is 0 Å². The lowest BCUT2D eigenvalue weighted by Crippen LogP contribution is -2.38. The second-order valence-corrected chi connectivity index (χ2v) is 6.99. The standard InChI is InChI=1S/C19H16N2O5S/c22-17-16(27-19(20-17)21-6-8-25-9-7-21)11-14-4-5-15(26-14)12-2-1-3-13(10-12)18(23)24/h1-5,10-11H,6-9H2,(H,23,24)/p-1/b16-11-. The third-order valence-corrected chi connectivity index (χ3v) is 5.22. The highest BCUT2D eigenvalue weighted by Crippen LogP contribution is 2.32. The maximum Gasteiger partial charge on any atom is 0.286 e. The first-order valence-electron chi connectivity index (χ1n) is 8.37. The molecule has 0 unspecified atom stereocenters. The van der Waals surface area contributed by atoms with Crippen LogP contribution in [0.1, 0.15) is 16.1 Å². The molecule has 1 fully saturated rings. The monoisotopic (exact) mass is 383 g/mol. The van der Waals surface area contributed by atoms with Crippen molar-refractivity contribution in [2.45, 2.75) is 0 Å². The normalized spacial score (nSPS) is 18.8. The van der Waals surface area contributed by atoms with Crippen molar-refractivity contribution in [1.29, 1.82) is 0 Å². The minimum Gasteiger partial charge on any atom is -0.545 e. The number of amides is 1. The van der Waals surface area contributed by atoms with Crippen LogP contribution in [-0.2, 0) is 9.53 Å². The molecule has 2 aromatic rings. The number of aromatic carboxylic acids is 1. The molecule has 2 aliphatic heterocycles. The molecule has 3 heterocycles. The quantitative estimate of drug-likeness (QED) is 0.743. The molecule has 1 saturated heterocycles. The third-order valence-electron chi connectivity index (χ3n) is 4.17. The molecule has 0 N–H and O–H groups in total. The number of amidine groups is 1. The number of carbonyl (C=O) groups excluding carboxylic acids is 2. The Labute approximate surface area is 159 Å². The Bertz CT molecular complexity index is 957. The summed E-state index contributed by atoms with van der Waals surface area (Å²) >= 11 is 1.32. The van der Waals surface area contributed by atoms with Crippen molar-refractivity contribution >= 4 is 34.9 Å². The number of furan rings is 1. The van der Waals surface area contributed by atoms with E-state index in [-0.39, 0.29) is 11.5 Å². The molecule has 2 aliphatic rings. The number of aliphatic imine (C=N–C) groups is 1. The zero-order chi connectivity index (χ0) is 18.8. The van der Waals surface area contributed by atoms with Crippen molar-refractivity contribution in [2.24, 2.45) is 4.99 Å². The molecule has 27 heavy (non-hydrogen) atoms. The Balaban J connectivity index is 1.52. The van der Waals surface area contributed by atoms with Crippen molar-refractivity contribution in [3.8, 4) is 11.3 Å². The lowest BCUT2D eigenvalue weighted by Gasteiger charge is -2.27. The SMILES string of the molecule is O=C1N=C(N2CCOCC2)S/C1=C\c1ccc(-c2cccc(C(=O)[O-])c2)o1. The van der Waals surface area contributed by atoms with Gasteiger partial charge in [-0.25, -0.2) is 0 Å². The van der Waals surface area contributed by atoms with Crippen molar-refractivity contribution < 1.29 is 23.8 Å². The van der Waals surface area contributed by atoms with Crippen LogP contribution < -0.4 is 5.11 Å². The lowest BCUT2D eigenvalue weighted by molar-refractivity contribution is -0.255. The first kappa shape index (κ1) is 17.6. The Hall–Kier alpha value is -2.84. The van der Waals surface area contributed by atoms with E-state index in [0.29, 0.717) is 53.5 Å². The molecule has 0 saturated carbocycles. The average Bonchev–Trinajstić information content (AvgIpc) is 3.30. The number of benzene rings is 1. The molecule has 138 valence electrons. The second kappa shape index (κ2) is 7.42. The van der Waals surface area contributed by atoms with Crippen LogP contribution in [-0.4, -0.2) is 48.2 Å². The first-order chi connectivity index (χ1) is 13.1. The predicted molar refractivity (Wildman–Crippen MR) is 98.9 cm³/mol. The third kappa shape index (κ3) is 3.81. The summed E-state index contributed by atoms with van der Waals surface area (Å²) in [6, 6.07) is 9.78. The van der Waals surface area contributed by atoms with Gasteiger partial charge in [-0.1, -0.05) is 18.2 Å². The molecule has 1 aromatic heterocycles. The van der Waals surface area contributed by atoms with Crippen LogP contribution in [0.25, 0.3) is 17.4 Å². The summed E-state index contributed by atoms with van der Waals surface area (Å²) in [5.74, 6) is -0.530. The van der Waals surface area contributed by atoms with Gasteiger partial charge in [-0.15, -0.1) is 0 Å². The van der Waals surface area contributed by atoms with Gasteiger partial charge in [0.15, 0.2) is 5.17 Å². The molecule has 0 radical (unpaired) electrons. The van der Waals surface area contributed by atoms with Gasteiger partial charge in [0.25, 0.3) is 5.91 Å². The lowest BCUT2D eigenvalue weighted by atomic mass is 10.1. The highest BCUT2D eigenvalue weighted by molar-refractivity contribution is 8.18. The van der Waals surface area contributed by atoms with Gasteiger partial charge in [0, 0.05) is 24.7 Å². The fourth-order valence-corrected chi connectivity index (χ4v) is 3.75. The van der Waals surface area contributed by atoms with Gasteiger partial charge in [-0.2, -0.15) is 4.99 Å². The van der Waals surface area contributed by atoms with Gasteiger partial charge < -0.3 is 24.0 Å². The van der Waals surface area contributed by atoms with Crippen molar-refractivity contribution in [2.75, 3.05) is 26.3 Å². The Kier molecular flexibility index (Phi) is 4.83. The molecule has 1 aromatic carbocycles. The molecule has 4 rings (SSSR count). The number of nitrogens with zero attached hydrogens (tertiary/aromatic N) is 2. The summed E-state index contributed by atoms with van der Waals surface area (Å²) < 4.78 is 11.1. The number of morpholine rings is 1. The van der Waals surface area contributed by atoms with Crippen LogP contribution in [0.15, 0.2) is 50.7 Å². The first-order valence-corrected chi connectivity index (χ1v) is 9.19. The van der Waals surface area contributed by atoms with Gasteiger partial charge >= 0.3 is 0 Å². The van der Waals surface area contributed by atoms with Crippen LogP contribution in [0.2, 0.25) is 0 Å². The van der Waals surface area contributed by atoms with Gasteiger partial charge in [0.05, 0.1) is 24.1 Å². The van der Waals surface area contributed by atoms with E-state index in [4.69, 9.17) is 9.15 Å². The number of carboxylic acids is 1. The van der Waals surface area contributed by atoms with E-state index < -0.39 is 5.97 Å². The van der Waals surface area contributed by atoms with Gasteiger partial charge in [-0.05, 0) is 35.5 Å². The predicted octanol–water partition coefficient (Wildman–Crippen LogP) is 1.61. The summed E-state index contributed by atoms with van der Waals surface area (Å²) in [6.07, 6.45) is 1.65. The molecule has 7 nitrogen and oxygen atoms in total. The fraction of sp³-hybridized carbons (Fsp3) is 0.211. The minimum absolute atomic E-state index is 0.0777. The summed E-state index contributed by atoms with van der Waals surface area (Å²) in [4.78, 5) is 29.8. The van der Waals surface area contributed by atoms with Crippen LogP contribution in [0.5, 0.6) is 0 Å². The number of rotatable bonds is 3. The molecular formula is C19H15N2O5S-. The van der Waals surface area contributed by atoms with Crippen LogP contribution >= 0.6 is 11.8 Å². The molecule has 8 heteroatoms. The zero-order valence-electron chi connectivity index (χ0n) is 14.2. The Morgan fingerprint density at radius 2 is 2.04 bits per heavy atom. The molecule has 0 aliphatic carbocycles. The average molecular weight is 383 g/mol. The molecule has 0 bridgehead atoms. The van der Waals surface area contributed by atoms with E-state index in [0.717, 1.165) is 0 Å². The number of carbonyl (C=O) groups is 2. The largest absolute Gasteiger partial charge is 0.545 e. The Morgan fingerprint density at radius 3 is 2.81 bits per heavy atom. The zero-order valence-corrected chi connectivity index (χ0v) is 15.0. The number of hydrogen-bond acceptors (Lipinski definition) is 7. The minimum atomic E-state index is -1.24. The van der Waals surface area contributed by atoms with Crippen LogP contribution in [0.3, 0.4) is 0 Å². The smallest absolute Gasteiger partial charge is 0.286 e. The summed E-state index contributed by atoms with van der Waals surface area (Å²) in [7, 11) is 0. The van der Waals surface area contributed by atoms with E-state index in [1.54, 1.807) is 30.3 Å². The maximum absolute atomic E-state index is 12.2. The summed E-state index contributed by atoms with van der Waals surface area (Å²) in [6.45, 7) is 2.68. The second-order valence-electron chi connectivity index (χ2n) is 5.98. The fourth-order valence-electron chi connectivity index (χ4n) is 2.80. The van der Waals surface area contributed by atoms with E-state index >= 15 is 0 Å². The van der Waals surface area contributed by atoms with E-state index in [9.17, 15) is 14.7 Å². The molecule has 1 amide bonds. The summed E-state index contributed by atoms with van der Waals surface area (Å²) in [5.41, 5.74) is 0.700. The van der Waals surface area contributed by atoms with Gasteiger partial charge in [-0.3, -0.25) is 4.79 Å². The van der Waals surface area contributed by atoms with Crippen molar-refractivity contribution in [3.63, 3.8) is 0 Å². The molecular weight excluding hydrogens is 368 g/mol. The van der Waals surface area contributed by atoms with Gasteiger partial charge in [0.1, 0.15) is 11.5 Å². The number of carboxylic acid groups (broad SMARTS) is 1. The number of ether oxygens (including phenoxy) is 1. The molecule has 0 atom stereocenters. The Morgan fingerprint density at radius 1 is 1.22 bits per heavy atom. The number of hydrogen-bond donors (Lipinski definition) is 0. The van der Waals surface area contributed by atoms with E-state index in [1.165, 1.54) is 23.9 Å². The molecule has 0 spiro atoms. The highest BCUT2D eigenvalue weighted by atomic mass is 32.2. The van der Waals surface area contributed by atoms with E-state index in [2.05, 4.69) is 4.99 Å². The van der Waals surface area contributed by atoms with E-state index in [1.807, 2.05) is 4.90 Å².